The molecule has 4 nitrogen and oxygen atoms in total. The van der Waals surface area contributed by atoms with Gasteiger partial charge in [0.05, 0.1) is 5.60 Å². The fourth-order valence-electron chi connectivity index (χ4n) is 2.45. The van der Waals surface area contributed by atoms with Crippen LogP contribution in [0.15, 0.2) is 18.2 Å². The number of carbonyl (C=O) groups excluding carboxylic acids is 1. The van der Waals surface area contributed by atoms with E-state index >= 15 is 0 Å². The fourth-order valence-corrected chi connectivity index (χ4v) is 2.45. The van der Waals surface area contributed by atoms with Crippen molar-refractivity contribution >= 4 is 5.91 Å². The number of aliphatic hydroxyl groups is 1. The summed E-state index contributed by atoms with van der Waals surface area (Å²) < 4.78 is 5.49. The van der Waals surface area contributed by atoms with Gasteiger partial charge >= 0.3 is 0 Å². The summed E-state index contributed by atoms with van der Waals surface area (Å²) in [5.74, 6) is 5.38. The number of aryl methyl sites for hydroxylation is 1. The molecule has 1 amide bonds. The number of amides is 1. The Bertz CT molecular complexity index is 574. The van der Waals surface area contributed by atoms with Gasteiger partial charge in [0.25, 0.3) is 5.91 Å². The second-order valence-corrected chi connectivity index (χ2v) is 5.41. The van der Waals surface area contributed by atoms with Gasteiger partial charge in [-0.25, -0.2) is 0 Å². The van der Waals surface area contributed by atoms with Gasteiger partial charge in [0.15, 0.2) is 0 Å². The van der Waals surface area contributed by atoms with Crippen molar-refractivity contribution in [3.63, 3.8) is 0 Å². The van der Waals surface area contributed by atoms with E-state index in [1.807, 2.05) is 19.1 Å². The molecule has 21 heavy (non-hydrogen) atoms. The van der Waals surface area contributed by atoms with Crippen molar-refractivity contribution in [2.45, 2.75) is 31.8 Å². The molecule has 2 rings (SSSR count). The molecule has 4 heteroatoms. The first-order chi connectivity index (χ1) is 10.1. The van der Waals surface area contributed by atoms with Gasteiger partial charge in [-0.1, -0.05) is 11.8 Å². The molecule has 2 N–H and O–H groups in total. The van der Waals surface area contributed by atoms with Crippen molar-refractivity contribution in [3.8, 4) is 11.8 Å². The monoisotopic (exact) mass is 287 g/mol. The standard InChI is InChI=1S/C17H21NO3/c1-13-11-15(7-6-14(13)5-3-10-19)16(20)18-12-17(21-2)8-4-9-17/h6-7,11,19H,4,8-10,12H2,1-2H3,(H,18,20). The van der Waals surface area contributed by atoms with Crippen molar-refractivity contribution in [3.05, 3.63) is 34.9 Å². The quantitative estimate of drug-likeness (QED) is 0.828. The van der Waals surface area contributed by atoms with Crippen LogP contribution in [-0.4, -0.2) is 36.9 Å². The Kier molecular flexibility index (Phi) is 5.00. The van der Waals surface area contributed by atoms with Gasteiger partial charge in [-0.05, 0) is 49.9 Å². The van der Waals surface area contributed by atoms with Crippen LogP contribution < -0.4 is 5.32 Å². The number of hydrogen-bond donors (Lipinski definition) is 2. The molecule has 0 aliphatic heterocycles. The molecule has 1 aliphatic carbocycles. The molecule has 0 heterocycles. The number of nitrogens with one attached hydrogen (secondary N) is 1. The predicted molar refractivity (Wildman–Crippen MR) is 81.1 cm³/mol. The van der Waals surface area contributed by atoms with Crippen LogP contribution in [0.2, 0.25) is 0 Å². The second-order valence-electron chi connectivity index (χ2n) is 5.41. The molecule has 0 bridgehead atoms. The van der Waals surface area contributed by atoms with Crippen LogP contribution in [0.4, 0.5) is 0 Å². The van der Waals surface area contributed by atoms with Crippen molar-refractivity contribution < 1.29 is 14.6 Å². The lowest BCUT2D eigenvalue weighted by atomic mass is 9.80. The fraction of sp³-hybridized carbons (Fsp3) is 0.471. The maximum absolute atomic E-state index is 12.2. The number of benzene rings is 1. The van der Waals surface area contributed by atoms with E-state index in [9.17, 15) is 4.79 Å². The zero-order valence-electron chi connectivity index (χ0n) is 12.5. The summed E-state index contributed by atoms with van der Waals surface area (Å²) in [6, 6.07) is 5.38. The van der Waals surface area contributed by atoms with Gasteiger partial charge in [-0.15, -0.1) is 0 Å². The topological polar surface area (TPSA) is 58.6 Å². The number of rotatable bonds is 4. The van der Waals surface area contributed by atoms with Gasteiger partial charge in [0.1, 0.15) is 6.61 Å². The van der Waals surface area contributed by atoms with E-state index in [-0.39, 0.29) is 18.1 Å². The third-order valence-electron chi connectivity index (χ3n) is 4.06. The predicted octanol–water partition coefficient (Wildman–Crippen LogP) is 1.64. The van der Waals surface area contributed by atoms with Crippen molar-refractivity contribution in [1.82, 2.24) is 5.32 Å². The number of methoxy groups -OCH3 is 1. The van der Waals surface area contributed by atoms with Gasteiger partial charge in [-0.3, -0.25) is 4.79 Å². The Labute approximate surface area is 125 Å². The minimum atomic E-state index is -0.169. The Morgan fingerprint density at radius 2 is 2.24 bits per heavy atom. The van der Waals surface area contributed by atoms with Gasteiger partial charge < -0.3 is 15.2 Å². The van der Waals surface area contributed by atoms with Crippen molar-refractivity contribution in [2.24, 2.45) is 0 Å². The summed E-state index contributed by atoms with van der Waals surface area (Å²) in [5, 5.41) is 11.7. The lowest BCUT2D eigenvalue weighted by molar-refractivity contribution is -0.0679. The third-order valence-corrected chi connectivity index (χ3v) is 4.06. The molecular weight excluding hydrogens is 266 g/mol. The molecule has 1 saturated carbocycles. The Morgan fingerprint density at radius 3 is 2.76 bits per heavy atom. The Hall–Kier alpha value is -1.83. The van der Waals surface area contributed by atoms with E-state index in [1.54, 1.807) is 13.2 Å². The van der Waals surface area contributed by atoms with Crippen LogP contribution in [0.1, 0.15) is 40.7 Å². The number of aliphatic hydroxyl groups excluding tert-OH is 1. The smallest absolute Gasteiger partial charge is 0.251 e. The average Bonchev–Trinajstić information content (AvgIpc) is 2.45. The minimum absolute atomic E-state index is 0.0944. The normalized spacial score (nSPS) is 15.6. The summed E-state index contributed by atoms with van der Waals surface area (Å²) in [6.07, 6.45) is 3.15. The first-order valence-corrected chi connectivity index (χ1v) is 7.14. The molecule has 0 atom stereocenters. The van der Waals surface area contributed by atoms with E-state index in [1.165, 1.54) is 0 Å². The Morgan fingerprint density at radius 1 is 1.48 bits per heavy atom. The summed E-state index contributed by atoms with van der Waals surface area (Å²) in [7, 11) is 1.70. The first-order valence-electron chi connectivity index (χ1n) is 7.14. The van der Waals surface area contributed by atoms with Crippen LogP contribution in [0, 0.1) is 18.8 Å². The van der Waals surface area contributed by atoms with Crippen LogP contribution >= 0.6 is 0 Å². The molecule has 0 unspecified atom stereocenters. The molecule has 0 radical (unpaired) electrons. The highest BCUT2D eigenvalue weighted by atomic mass is 16.5. The lowest BCUT2D eigenvalue weighted by Gasteiger charge is -2.40. The van der Waals surface area contributed by atoms with E-state index < -0.39 is 0 Å². The van der Waals surface area contributed by atoms with Gasteiger partial charge in [-0.2, -0.15) is 0 Å². The van der Waals surface area contributed by atoms with E-state index in [4.69, 9.17) is 9.84 Å². The summed E-state index contributed by atoms with van der Waals surface area (Å²) >= 11 is 0. The second kappa shape index (κ2) is 6.75. The van der Waals surface area contributed by atoms with Crippen LogP contribution in [-0.2, 0) is 4.74 Å². The molecule has 1 aromatic rings. The third kappa shape index (κ3) is 3.63. The van der Waals surface area contributed by atoms with Crippen LogP contribution in [0.3, 0.4) is 0 Å². The van der Waals surface area contributed by atoms with E-state index in [2.05, 4.69) is 17.2 Å². The van der Waals surface area contributed by atoms with Crippen molar-refractivity contribution in [2.75, 3.05) is 20.3 Å². The van der Waals surface area contributed by atoms with Crippen LogP contribution in [0.5, 0.6) is 0 Å². The molecule has 0 spiro atoms. The molecular formula is C17H21NO3. The molecule has 0 saturated heterocycles. The molecule has 1 aromatic carbocycles. The van der Waals surface area contributed by atoms with Gasteiger partial charge in [0.2, 0.25) is 0 Å². The number of hydrogen-bond acceptors (Lipinski definition) is 3. The average molecular weight is 287 g/mol. The molecule has 112 valence electrons. The lowest BCUT2D eigenvalue weighted by Crippen LogP contribution is -2.49. The maximum Gasteiger partial charge on any atom is 0.251 e. The highest BCUT2D eigenvalue weighted by molar-refractivity contribution is 5.94. The SMILES string of the molecule is COC1(CNC(=O)c2ccc(C#CCO)c(C)c2)CCC1. The number of carbonyl (C=O) groups is 1. The largest absolute Gasteiger partial charge is 0.384 e. The summed E-state index contributed by atoms with van der Waals surface area (Å²) in [6.45, 7) is 2.29. The molecule has 1 aliphatic rings. The first kappa shape index (κ1) is 15.6. The summed E-state index contributed by atoms with van der Waals surface area (Å²) in [4.78, 5) is 12.2. The van der Waals surface area contributed by atoms with Crippen LogP contribution in [0.25, 0.3) is 0 Å². The Balaban J connectivity index is 2.01. The molecule has 0 aromatic heterocycles. The minimum Gasteiger partial charge on any atom is -0.384 e. The highest BCUT2D eigenvalue weighted by Gasteiger charge is 2.37. The highest BCUT2D eigenvalue weighted by Crippen LogP contribution is 2.34. The van der Waals surface area contributed by atoms with E-state index in [0.717, 1.165) is 30.4 Å². The van der Waals surface area contributed by atoms with E-state index in [0.29, 0.717) is 12.1 Å². The summed E-state index contributed by atoms with van der Waals surface area (Å²) in [5.41, 5.74) is 2.20. The van der Waals surface area contributed by atoms with Crippen molar-refractivity contribution in [1.29, 1.82) is 0 Å². The molecule has 1 fully saturated rings. The zero-order valence-corrected chi connectivity index (χ0v) is 12.5. The van der Waals surface area contributed by atoms with Gasteiger partial charge in [0, 0.05) is 24.8 Å². The number of ether oxygens (including phenoxy) is 1. The maximum atomic E-state index is 12.2. The zero-order chi connectivity index (χ0) is 15.3.